The number of hydrogen-bond donors (Lipinski definition) is 0. The van der Waals surface area contributed by atoms with Gasteiger partial charge in [0, 0.05) is 16.5 Å². The lowest BCUT2D eigenvalue weighted by Gasteiger charge is -2.13. The molecule has 0 aliphatic rings. The molecule has 0 saturated carbocycles. The van der Waals surface area contributed by atoms with Crippen LogP contribution >= 0.6 is 0 Å². The molecule has 2 aromatic heterocycles. The Morgan fingerprint density at radius 1 is 0.667 bits per heavy atom. The van der Waals surface area contributed by atoms with Crippen molar-refractivity contribution in [3.63, 3.8) is 0 Å². The van der Waals surface area contributed by atoms with Crippen LogP contribution in [0.5, 0.6) is 0 Å². The summed E-state index contributed by atoms with van der Waals surface area (Å²) in [5, 5.41) is 7.28. The Hall–Kier alpha value is -5.08. The predicted molar refractivity (Wildman–Crippen MR) is 184 cm³/mol. The molecule has 5 aromatic carbocycles. The van der Waals surface area contributed by atoms with Gasteiger partial charge in [0.15, 0.2) is 5.58 Å². The van der Waals surface area contributed by atoms with Crippen molar-refractivity contribution in [3.05, 3.63) is 145 Å². The minimum absolute atomic E-state index is 0.918. The molecule has 0 aliphatic carbocycles. The molecule has 0 fully saturated rings. The molecule has 0 atom stereocenters. The maximum atomic E-state index is 6.57. The average Bonchev–Trinajstić information content (AvgIpc) is 3.56. The van der Waals surface area contributed by atoms with Gasteiger partial charge >= 0.3 is 0 Å². The predicted octanol–water partition coefficient (Wildman–Crippen LogP) is 12.0. The topological polar surface area (TPSA) is 18.1 Å². The molecule has 206 valence electrons. The molecular formula is C40H35NO. The van der Waals surface area contributed by atoms with Gasteiger partial charge in [-0.25, -0.2) is 0 Å². The number of rotatable bonds is 4. The van der Waals surface area contributed by atoms with Gasteiger partial charge in [-0.1, -0.05) is 115 Å². The van der Waals surface area contributed by atoms with Crippen LogP contribution in [-0.4, -0.2) is 4.57 Å². The van der Waals surface area contributed by atoms with Crippen LogP contribution < -0.4 is 0 Å². The number of para-hydroxylation sites is 1. The fourth-order valence-electron chi connectivity index (χ4n) is 5.75. The van der Waals surface area contributed by atoms with Crippen LogP contribution in [0.4, 0.5) is 0 Å². The van der Waals surface area contributed by atoms with E-state index in [2.05, 4.69) is 122 Å². The Morgan fingerprint density at radius 2 is 1.26 bits per heavy atom. The Kier molecular flexibility index (Phi) is 7.37. The maximum Gasteiger partial charge on any atom is 0.162 e. The minimum atomic E-state index is 0.918. The zero-order valence-corrected chi connectivity index (χ0v) is 24.7. The fraction of sp³-hybridized carbons (Fsp3) is 0.100. The van der Waals surface area contributed by atoms with E-state index in [0.717, 1.165) is 33.3 Å². The quantitative estimate of drug-likeness (QED) is 0.159. The van der Waals surface area contributed by atoms with E-state index in [0.29, 0.717) is 0 Å². The number of hydrogen-bond acceptors (Lipinski definition) is 1. The van der Waals surface area contributed by atoms with Crippen molar-refractivity contribution in [1.82, 2.24) is 4.57 Å². The van der Waals surface area contributed by atoms with Gasteiger partial charge in [0.05, 0.1) is 10.9 Å². The van der Waals surface area contributed by atoms with E-state index in [1.54, 1.807) is 0 Å². The van der Waals surface area contributed by atoms with Crippen molar-refractivity contribution in [3.8, 4) is 5.69 Å². The summed E-state index contributed by atoms with van der Waals surface area (Å²) in [6.07, 6.45) is 10.1. The van der Waals surface area contributed by atoms with Gasteiger partial charge in [0.1, 0.15) is 11.1 Å². The highest BCUT2D eigenvalue weighted by Gasteiger charge is 2.23. The third-order valence-corrected chi connectivity index (χ3v) is 7.85. The second-order valence-corrected chi connectivity index (χ2v) is 10.7. The first-order valence-electron chi connectivity index (χ1n) is 14.5. The molecule has 0 N–H and O–H groups in total. The number of benzene rings is 5. The molecule has 2 heterocycles. The Bertz CT molecular complexity index is 2180. The number of fused-ring (bicyclic) bond motifs is 10. The van der Waals surface area contributed by atoms with Gasteiger partial charge in [-0.05, 0) is 79.3 Å². The number of allylic oxidation sites excluding steroid dienone is 7. The summed E-state index contributed by atoms with van der Waals surface area (Å²) in [6, 6.07) is 34.7. The van der Waals surface area contributed by atoms with Crippen molar-refractivity contribution in [2.45, 2.75) is 27.7 Å². The first-order valence-corrected chi connectivity index (χ1v) is 14.5. The highest BCUT2D eigenvalue weighted by Crippen LogP contribution is 2.45. The molecule has 7 rings (SSSR count). The van der Waals surface area contributed by atoms with E-state index in [1.165, 1.54) is 43.6 Å². The van der Waals surface area contributed by atoms with Crippen molar-refractivity contribution < 1.29 is 4.42 Å². The number of aromatic nitrogens is 1. The molecule has 2 heteroatoms. The van der Waals surface area contributed by atoms with Gasteiger partial charge < -0.3 is 8.98 Å². The molecule has 2 nitrogen and oxygen atoms in total. The smallest absolute Gasteiger partial charge is 0.162 e. The van der Waals surface area contributed by atoms with Gasteiger partial charge in [0.25, 0.3) is 0 Å². The summed E-state index contributed by atoms with van der Waals surface area (Å²) in [5.41, 5.74) is 8.94. The van der Waals surface area contributed by atoms with E-state index in [4.69, 9.17) is 4.42 Å². The van der Waals surface area contributed by atoms with Crippen molar-refractivity contribution >= 4 is 60.1 Å². The maximum absolute atomic E-state index is 6.57. The second-order valence-electron chi connectivity index (χ2n) is 10.7. The van der Waals surface area contributed by atoms with Crippen LogP contribution in [0, 0.1) is 0 Å². The van der Waals surface area contributed by atoms with Crippen LogP contribution in [0.15, 0.2) is 144 Å². The lowest BCUT2D eigenvalue weighted by atomic mass is 9.98. The van der Waals surface area contributed by atoms with Crippen LogP contribution in [0.1, 0.15) is 33.3 Å². The normalized spacial score (nSPS) is 12.3. The van der Waals surface area contributed by atoms with E-state index in [1.807, 2.05) is 44.2 Å². The fourth-order valence-corrected chi connectivity index (χ4v) is 5.75. The largest absolute Gasteiger partial charge is 0.454 e. The highest BCUT2D eigenvalue weighted by molar-refractivity contribution is 6.33. The lowest BCUT2D eigenvalue weighted by Crippen LogP contribution is -1.95. The molecule has 0 aliphatic heterocycles. The Balaban J connectivity index is 0.000000350. The molecule has 7 aromatic rings. The summed E-state index contributed by atoms with van der Waals surface area (Å²) >= 11 is 0. The zero-order chi connectivity index (χ0) is 29.2. The van der Waals surface area contributed by atoms with Gasteiger partial charge in [-0.15, -0.1) is 0 Å². The molecule has 0 spiro atoms. The Labute approximate surface area is 247 Å². The lowest BCUT2D eigenvalue weighted by molar-refractivity contribution is 0.673. The average molecular weight is 546 g/mol. The molecular weight excluding hydrogens is 510 g/mol. The van der Waals surface area contributed by atoms with Gasteiger partial charge in [-0.2, -0.15) is 0 Å². The first kappa shape index (κ1) is 27.1. The summed E-state index contributed by atoms with van der Waals surface area (Å²) in [4.78, 5) is 0. The first-order chi connectivity index (χ1) is 20.5. The second kappa shape index (κ2) is 11.4. The van der Waals surface area contributed by atoms with Gasteiger partial charge in [0.2, 0.25) is 0 Å². The molecule has 0 amide bonds. The number of nitrogens with zero attached hydrogens (tertiary/aromatic N) is 1. The molecule has 0 radical (unpaired) electrons. The van der Waals surface area contributed by atoms with E-state index >= 15 is 0 Å². The van der Waals surface area contributed by atoms with Crippen molar-refractivity contribution in [2.75, 3.05) is 0 Å². The Morgan fingerprint density at radius 3 is 1.90 bits per heavy atom. The third kappa shape index (κ3) is 4.65. The SMILES string of the molecule is C/C=C(\C)c1ccc(-n2c3c4ccccc4oc3c3c4ccccc4c4ccccc4c32)cc1.C=C(C)/C=C\C=C/C. The molecule has 0 bridgehead atoms. The van der Waals surface area contributed by atoms with E-state index in [9.17, 15) is 0 Å². The number of furan rings is 1. The highest BCUT2D eigenvalue weighted by atomic mass is 16.3. The summed E-state index contributed by atoms with van der Waals surface area (Å²) in [5.74, 6) is 0. The monoisotopic (exact) mass is 545 g/mol. The van der Waals surface area contributed by atoms with Crippen LogP contribution in [0.25, 0.3) is 65.8 Å². The summed E-state index contributed by atoms with van der Waals surface area (Å²) in [6.45, 7) is 11.9. The van der Waals surface area contributed by atoms with Crippen LogP contribution in [0.2, 0.25) is 0 Å². The zero-order valence-electron chi connectivity index (χ0n) is 24.7. The third-order valence-electron chi connectivity index (χ3n) is 7.85. The van der Waals surface area contributed by atoms with Crippen molar-refractivity contribution in [1.29, 1.82) is 0 Å². The van der Waals surface area contributed by atoms with Crippen LogP contribution in [0.3, 0.4) is 0 Å². The minimum Gasteiger partial charge on any atom is -0.454 e. The summed E-state index contributed by atoms with van der Waals surface area (Å²) in [7, 11) is 0. The molecule has 0 unspecified atom stereocenters. The van der Waals surface area contributed by atoms with Gasteiger partial charge in [-0.3, -0.25) is 0 Å². The standard InChI is InChI=1S/C32H23NO.C8H12/c1-3-20(2)21-16-18-22(19-17-21)33-30-26-13-7-5-11-24(26)23-10-4-6-12-25(23)29(30)32-31(33)27-14-8-9-15-28(27)34-32;1-4-5-6-7-8(2)3/h3-19H,1-2H3;4-7H,2H2,1,3H3/b20-3+;5-4-,7-6-. The van der Waals surface area contributed by atoms with E-state index in [-0.39, 0.29) is 0 Å². The molecule has 0 saturated heterocycles. The molecule has 42 heavy (non-hydrogen) atoms. The summed E-state index contributed by atoms with van der Waals surface area (Å²) < 4.78 is 8.98. The van der Waals surface area contributed by atoms with Crippen molar-refractivity contribution in [2.24, 2.45) is 0 Å². The van der Waals surface area contributed by atoms with E-state index < -0.39 is 0 Å². The van der Waals surface area contributed by atoms with Crippen LogP contribution in [-0.2, 0) is 0 Å².